The molecule has 0 amide bonds. The maximum atomic E-state index is 12.7. The average Bonchev–Trinajstić information content (AvgIpc) is 2.48. The van der Waals surface area contributed by atoms with Crippen molar-refractivity contribution in [1.82, 2.24) is 0 Å². The molecule has 0 radical (unpaired) electrons. The molecular weight excluding hydrogens is 274 g/mol. The van der Waals surface area contributed by atoms with Crippen LogP contribution in [-0.2, 0) is 9.84 Å². The lowest BCUT2D eigenvalue weighted by Gasteiger charge is -2.18. The summed E-state index contributed by atoms with van der Waals surface area (Å²) in [6.45, 7) is 0. The van der Waals surface area contributed by atoms with Crippen LogP contribution in [0.4, 0.5) is 0 Å². The minimum Gasteiger partial charge on any atom is -0.410 e. The number of nitrogens with zero attached hydrogens (tertiary/aromatic N) is 1. The van der Waals surface area contributed by atoms with E-state index in [2.05, 4.69) is 5.16 Å². The molecule has 0 fully saturated rings. The van der Waals surface area contributed by atoms with E-state index in [1.807, 2.05) is 6.07 Å². The van der Waals surface area contributed by atoms with Crippen LogP contribution in [0.25, 0.3) is 4.91 Å². The summed E-state index contributed by atoms with van der Waals surface area (Å²) < 4.78 is 25.3. The zero-order valence-electron chi connectivity index (χ0n) is 10.4. The first-order chi connectivity index (χ1) is 9.64. The number of hydrogen-bond donors (Lipinski definition) is 1. The van der Waals surface area contributed by atoms with E-state index < -0.39 is 9.84 Å². The monoisotopic (exact) mass is 285 g/mol. The smallest absolute Gasteiger partial charge is 0.207 e. The fourth-order valence-corrected chi connectivity index (χ4v) is 3.90. The number of rotatable bonds is 1. The van der Waals surface area contributed by atoms with E-state index >= 15 is 0 Å². The summed E-state index contributed by atoms with van der Waals surface area (Å²) in [6, 6.07) is 15.3. The van der Waals surface area contributed by atoms with E-state index in [0.717, 1.165) is 0 Å². The fourth-order valence-electron chi connectivity index (χ4n) is 2.23. The lowest BCUT2D eigenvalue weighted by atomic mass is 10.1. The minimum atomic E-state index is -3.61. The molecule has 0 spiro atoms. The maximum absolute atomic E-state index is 12.7. The Labute approximate surface area is 116 Å². The predicted octanol–water partition coefficient (Wildman–Crippen LogP) is 2.69. The largest absolute Gasteiger partial charge is 0.410 e. The number of allylic oxidation sites excluding steroid dienone is 1. The highest BCUT2D eigenvalue weighted by Gasteiger charge is 2.31. The van der Waals surface area contributed by atoms with Gasteiger partial charge in [0.1, 0.15) is 5.71 Å². The van der Waals surface area contributed by atoms with Crippen molar-refractivity contribution in [2.75, 3.05) is 0 Å². The van der Waals surface area contributed by atoms with Gasteiger partial charge in [-0.1, -0.05) is 53.7 Å². The van der Waals surface area contributed by atoms with Gasteiger partial charge in [-0.3, -0.25) is 0 Å². The van der Waals surface area contributed by atoms with Gasteiger partial charge in [-0.25, -0.2) is 8.42 Å². The first-order valence-electron chi connectivity index (χ1n) is 5.98. The summed E-state index contributed by atoms with van der Waals surface area (Å²) >= 11 is 0. The van der Waals surface area contributed by atoms with Crippen LogP contribution in [0.1, 0.15) is 11.1 Å². The van der Waals surface area contributed by atoms with Gasteiger partial charge in [0.25, 0.3) is 0 Å². The van der Waals surface area contributed by atoms with Crippen LogP contribution in [0, 0.1) is 0 Å². The summed E-state index contributed by atoms with van der Waals surface area (Å²) in [4.78, 5) is 0.304. The van der Waals surface area contributed by atoms with Gasteiger partial charge in [0.15, 0.2) is 0 Å². The maximum Gasteiger partial charge on any atom is 0.207 e. The van der Waals surface area contributed by atoms with E-state index in [0.29, 0.717) is 11.1 Å². The lowest BCUT2D eigenvalue weighted by molar-refractivity contribution is 0.320. The topological polar surface area (TPSA) is 66.7 Å². The molecule has 2 aromatic rings. The second-order valence-corrected chi connectivity index (χ2v) is 6.25. The molecular formula is C15H11NO3S. The van der Waals surface area contributed by atoms with Crippen LogP contribution in [0.3, 0.4) is 0 Å². The predicted molar refractivity (Wildman–Crippen MR) is 76.4 cm³/mol. The minimum absolute atomic E-state index is 0.143. The van der Waals surface area contributed by atoms with Crippen LogP contribution >= 0.6 is 0 Å². The molecule has 1 aliphatic heterocycles. The molecule has 0 aromatic heterocycles. The summed E-state index contributed by atoms with van der Waals surface area (Å²) in [5.41, 5.74) is 1.23. The van der Waals surface area contributed by atoms with Crippen LogP contribution in [0.5, 0.6) is 0 Å². The van der Waals surface area contributed by atoms with E-state index in [1.54, 1.807) is 42.5 Å². The van der Waals surface area contributed by atoms with Crippen LogP contribution in [0.2, 0.25) is 0 Å². The number of sulfone groups is 1. The van der Waals surface area contributed by atoms with Crippen molar-refractivity contribution in [3.05, 3.63) is 71.8 Å². The normalized spacial score (nSPS) is 18.4. The second-order valence-electron chi connectivity index (χ2n) is 4.36. The van der Waals surface area contributed by atoms with Crippen molar-refractivity contribution in [1.29, 1.82) is 0 Å². The Balaban J connectivity index is 2.32. The van der Waals surface area contributed by atoms with Gasteiger partial charge in [-0.15, -0.1) is 0 Å². The highest BCUT2D eigenvalue weighted by molar-refractivity contribution is 8.00. The van der Waals surface area contributed by atoms with Gasteiger partial charge in [-0.2, -0.15) is 0 Å². The second kappa shape index (κ2) is 4.61. The summed E-state index contributed by atoms with van der Waals surface area (Å²) in [5, 5.41) is 12.3. The number of benzene rings is 2. The van der Waals surface area contributed by atoms with Gasteiger partial charge in [-0.05, 0) is 17.7 Å². The molecule has 0 saturated heterocycles. The third-order valence-corrected chi connectivity index (χ3v) is 5.04. The molecule has 1 heterocycles. The molecule has 100 valence electrons. The van der Waals surface area contributed by atoms with Crippen molar-refractivity contribution < 1.29 is 13.6 Å². The molecule has 0 bridgehead atoms. The van der Waals surface area contributed by atoms with Crippen molar-refractivity contribution >= 4 is 20.5 Å². The van der Waals surface area contributed by atoms with Gasteiger partial charge >= 0.3 is 0 Å². The molecule has 0 atom stereocenters. The van der Waals surface area contributed by atoms with Crippen molar-refractivity contribution in [2.24, 2.45) is 5.16 Å². The molecule has 0 aliphatic carbocycles. The molecule has 0 unspecified atom stereocenters. The first kappa shape index (κ1) is 12.6. The molecule has 1 aliphatic rings. The molecule has 4 nitrogen and oxygen atoms in total. The highest BCUT2D eigenvalue weighted by atomic mass is 32.2. The van der Waals surface area contributed by atoms with Crippen LogP contribution in [0.15, 0.2) is 70.7 Å². The quantitative estimate of drug-likeness (QED) is 0.647. The van der Waals surface area contributed by atoms with Gasteiger partial charge < -0.3 is 5.21 Å². The SMILES string of the molecule is O=S1(=O)C(c2ccccc2)=CC(=NO)c2ccccc21. The Bertz CT molecular complexity index is 821. The summed E-state index contributed by atoms with van der Waals surface area (Å²) in [5.74, 6) is 0. The third-order valence-electron chi connectivity index (χ3n) is 3.18. The zero-order chi connectivity index (χ0) is 14.2. The van der Waals surface area contributed by atoms with E-state index in [-0.39, 0.29) is 15.5 Å². The van der Waals surface area contributed by atoms with Gasteiger partial charge in [0, 0.05) is 5.56 Å². The Morgan fingerprint density at radius 3 is 2.25 bits per heavy atom. The molecule has 0 saturated carbocycles. The molecule has 1 N–H and O–H groups in total. The zero-order valence-corrected chi connectivity index (χ0v) is 11.2. The third kappa shape index (κ3) is 1.83. The molecule has 2 aromatic carbocycles. The van der Waals surface area contributed by atoms with E-state index in [4.69, 9.17) is 5.21 Å². The highest BCUT2D eigenvalue weighted by Crippen LogP contribution is 2.34. The van der Waals surface area contributed by atoms with E-state index in [1.165, 1.54) is 12.1 Å². The van der Waals surface area contributed by atoms with Crippen molar-refractivity contribution in [2.45, 2.75) is 4.90 Å². The van der Waals surface area contributed by atoms with Crippen molar-refractivity contribution in [3.63, 3.8) is 0 Å². The number of hydrogen-bond acceptors (Lipinski definition) is 4. The number of oxime groups is 1. The lowest BCUT2D eigenvalue weighted by Crippen LogP contribution is -2.16. The van der Waals surface area contributed by atoms with Crippen LogP contribution in [-0.4, -0.2) is 19.3 Å². The molecule has 3 rings (SSSR count). The average molecular weight is 285 g/mol. The molecule has 5 heteroatoms. The van der Waals surface area contributed by atoms with Gasteiger partial charge in [0.2, 0.25) is 9.84 Å². The summed E-state index contributed by atoms with van der Waals surface area (Å²) in [7, 11) is -3.61. The fraction of sp³-hybridized carbons (Fsp3) is 0. The Morgan fingerprint density at radius 2 is 1.55 bits per heavy atom. The van der Waals surface area contributed by atoms with E-state index in [9.17, 15) is 8.42 Å². The number of fused-ring (bicyclic) bond motifs is 1. The summed E-state index contributed by atoms with van der Waals surface area (Å²) in [6.07, 6.45) is 1.40. The Hall–Kier alpha value is -2.40. The van der Waals surface area contributed by atoms with Crippen LogP contribution < -0.4 is 0 Å². The molecule has 20 heavy (non-hydrogen) atoms. The Morgan fingerprint density at radius 1 is 0.900 bits per heavy atom. The first-order valence-corrected chi connectivity index (χ1v) is 7.46. The Kier molecular flexibility index (Phi) is 2.91. The standard InChI is InChI=1S/C15H11NO3S/c17-16-13-10-15(11-6-2-1-3-7-11)20(18,19)14-9-5-4-8-12(13)14/h1-10,17H. The van der Waals surface area contributed by atoms with Crippen molar-refractivity contribution in [3.8, 4) is 0 Å². The van der Waals surface area contributed by atoms with Gasteiger partial charge in [0.05, 0.1) is 9.80 Å².